The van der Waals surface area contributed by atoms with Gasteiger partial charge in [0.25, 0.3) is 0 Å². The lowest BCUT2D eigenvalue weighted by Gasteiger charge is -2.07. The summed E-state index contributed by atoms with van der Waals surface area (Å²) in [5.41, 5.74) is 5.64. The van der Waals surface area contributed by atoms with Crippen LogP contribution < -0.4 is 5.32 Å². The van der Waals surface area contributed by atoms with Gasteiger partial charge in [0.05, 0.1) is 0 Å². The fourth-order valence-electron chi connectivity index (χ4n) is 2.65. The largest absolute Gasteiger partial charge is 0.312 e. The molecule has 0 saturated heterocycles. The van der Waals surface area contributed by atoms with Crippen molar-refractivity contribution in [1.29, 1.82) is 0 Å². The molecule has 0 spiro atoms. The first kappa shape index (κ1) is 13.4. The van der Waals surface area contributed by atoms with E-state index in [0.29, 0.717) is 0 Å². The third-order valence-corrected chi connectivity index (χ3v) is 4.00. The minimum atomic E-state index is 0.793. The van der Waals surface area contributed by atoms with Gasteiger partial charge in [0.1, 0.15) is 0 Å². The summed E-state index contributed by atoms with van der Waals surface area (Å²) < 4.78 is 0. The minimum Gasteiger partial charge on any atom is -0.312 e. The van der Waals surface area contributed by atoms with E-state index < -0.39 is 0 Å². The van der Waals surface area contributed by atoms with Crippen molar-refractivity contribution in [2.24, 2.45) is 0 Å². The normalized spacial score (nSPS) is 13.2. The van der Waals surface area contributed by atoms with Crippen LogP contribution in [0, 0.1) is 0 Å². The molecule has 0 aromatic heterocycles. The topological polar surface area (TPSA) is 12.0 Å². The summed E-state index contributed by atoms with van der Waals surface area (Å²) in [6.45, 7) is 1.90. The highest BCUT2D eigenvalue weighted by Gasteiger charge is 2.12. The molecule has 20 heavy (non-hydrogen) atoms. The van der Waals surface area contributed by atoms with Crippen molar-refractivity contribution in [2.75, 3.05) is 6.54 Å². The molecule has 3 rings (SSSR count). The van der Waals surface area contributed by atoms with Crippen LogP contribution in [0.3, 0.4) is 0 Å². The van der Waals surface area contributed by atoms with Crippen molar-refractivity contribution in [2.45, 2.75) is 19.4 Å². The fourth-order valence-corrected chi connectivity index (χ4v) is 2.78. The molecule has 0 fully saturated rings. The second-order valence-electron chi connectivity index (χ2n) is 5.14. The van der Waals surface area contributed by atoms with E-state index in [0.717, 1.165) is 31.0 Å². The zero-order chi connectivity index (χ0) is 13.8. The monoisotopic (exact) mass is 283 g/mol. The van der Waals surface area contributed by atoms with Crippen LogP contribution >= 0.6 is 11.6 Å². The molecule has 1 N–H and O–H groups in total. The van der Waals surface area contributed by atoms with Crippen LogP contribution in [0.4, 0.5) is 0 Å². The number of fused-ring (bicyclic) bond motifs is 1. The smallest absolute Gasteiger partial charge is 0.0406 e. The lowest BCUT2D eigenvalue weighted by Crippen LogP contribution is -2.14. The Labute approximate surface area is 125 Å². The summed E-state index contributed by atoms with van der Waals surface area (Å²) in [7, 11) is 0. The lowest BCUT2D eigenvalue weighted by atomic mass is 10.0. The van der Waals surface area contributed by atoms with Gasteiger partial charge in [-0.3, -0.25) is 0 Å². The first-order valence-corrected chi connectivity index (χ1v) is 7.43. The van der Waals surface area contributed by atoms with Crippen LogP contribution in [0.1, 0.15) is 23.1 Å². The van der Waals surface area contributed by atoms with Crippen molar-refractivity contribution < 1.29 is 0 Å². The predicted molar refractivity (Wildman–Crippen MR) is 85.9 cm³/mol. The van der Waals surface area contributed by atoms with E-state index >= 15 is 0 Å². The highest BCUT2D eigenvalue weighted by molar-refractivity contribution is 6.30. The number of hydrogen-bond acceptors (Lipinski definition) is 1. The Morgan fingerprint density at radius 1 is 1.00 bits per heavy atom. The van der Waals surface area contributed by atoms with E-state index in [9.17, 15) is 0 Å². The van der Waals surface area contributed by atoms with Gasteiger partial charge in [-0.1, -0.05) is 54.1 Å². The number of nitrogens with one attached hydrogen (secondary N) is 1. The predicted octanol–water partition coefficient (Wildman–Crippen LogP) is 4.46. The Morgan fingerprint density at radius 2 is 1.80 bits per heavy atom. The van der Waals surface area contributed by atoms with Gasteiger partial charge in [-0.25, -0.2) is 0 Å². The molecule has 0 unspecified atom stereocenters. The van der Waals surface area contributed by atoms with Crippen LogP contribution in [0.2, 0.25) is 5.02 Å². The number of halogens is 1. The molecule has 0 atom stereocenters. The van der Waals surface area contributed by atoms with Gasteiger partial charge in [0, 0.05) is 11.6 Å². The maximum Gasteiger partial charge on any atom is 0.0406 e. The average Bonchev–Trinajstić information content (AvgIpc) is 2.89. The maximum absolute atomic E-state index is 5.88. The van der Waals surface area contributed by atoms with Crippen molar-refractivity contribution in [3.05, 3.63) is 76.3 Å². The van der Waals surface area contributed by atoms with Gasteiger partial charge in [-0.2, -0.15) is 0 Å². The van der Waals surface area contributed by atoms with Crippen molar-refractivity contribution in [3.8, 4) is 0 Å². The average molecular weight is 284 g/mol. The van der Waals surface area contributed by atoms with Crippen LogP contribution in [0.5, 0.6) is 0 Å². The van der Waals surface area contributed by atoms with E-state index in [1.165, 1.54) is 22.3 Å². The minimum absolute atomic E-state index is 0.793. The first-order valence-electron chi connectivity index (χ1n) is 7.05. The number of allylic oxidation sites excluding steroid dienone is 1. The highest BCUT2D eigenvalue weighted by Crippen LogP contribution is 2.28. The molecule has 2 heteroatoms. The summed E-state index contributed by atoms with van der Waals surface area (Å²) in [6, 6.07) is 16.7. The Balaban J connectivity index is 1.48. The Morgan fingerprint density at radius 3 is 2.65 bits per heavy atom. The summed E-state index contributed by atoms with van der Waals surface area (Å²) in [5.74, 6) is 0. The second kappa shape index (κ2) is 6.25. The van der Waals surface area contributed by atoms with E-state index in [1.807, 2.05) is 12.1 Å². The Hall–Kier alpha value is -1.57. The molecule has 0 amide bonds. The van der Waals surface area contributed by atoms with Crippen molar-refractivity contribution >= 4 is 17.2 Å². The van der Waals surface area contributed by atoms with E-state index in [4.69, 9.17) is 11.6 Å². The molecule has 2 aromatic rings. The quantitative estimate of drug-likeness (QED) is 0.799. The number of rotatable bonds is 5. The molecule has 0 bridgehead atoms. The van der Waals surface area contributed by atoms with Crippen LogP contribution in [0.25, 0.3) is 5.57 Å². The van der Waals surface area contributed by atoms with Gasteiger partial charge in [-0.05, 0) is 53.8 Å². The zero-order valence-corrected chi connectivity index (χ0v) is 12.2. The maximum atomic E-state index is 5.88. The molecule has 0 saturated carbocycles. The van der Waals surface area contributed by atoms with Crippen LogP contribution in [0.15, 0.2) is 54.6 Å². The molecule has 2 aromatic carbocycles. The number of benzene rings is 2. The molecule has 0 heterocycles. The van der Waals surface area contributed by atoms with Crippen LogP contribution in [-0.4, -0.2) is 6.54 Å². The van der Waals surface area contributed by atoms with E-state index in [2.05, 4.69) is 47.8 Å². The van der Waals surface area contributed by atoms with Crippen molar-refractivity contribution in [3.63, 3.8) is 0 Å². The van der Waals surface area contributed by atoms with E-state index in [1.54, 1.807) is 0 Å². The molecular formula is C18H18ClN. The summed E-state index contributed by atoms with van der Waals surface area (Å²) in [4.78, 5) is 0. The first-order chi connectivity index (χ1) is 9.83. The van der Waals surface area contributed by atoms with Gasteiger partial charge < -0.3 is 5.32 Å². The Bertz CT molecular complexity index is 614. The summed E-state index contributed by atoms with van der Waals surface area (Å²) in [6.07, 6.45) is 4.53. The van der Waals surface area contributed by atoms with Crippen molar-refractivity contribution in [1.82, 2.24) is 5.32 Å². The highest BCUT2D eigenvalue weighted by atomic mass is 35.5. The van der Waals surface area contributed by atoms with Gasteiger partial charge in [-0.15, -0.1) is 0 Å². The van der Waals surface area contributed by atoms with E-state index in [-0.39, 0.29) is 0 Å². The van der Waals surface area contributed by atoms with Crippen LogP contribution in [-0.2, 0) is 13.0 Å². The molecule has 102 valence electrons. The molecule has 1 nitrogen and oxygen atoms in total. The fraction of sp³-hybridized carbons (Fsp3) is 0.222. The SMILES string of the molecule is Clc1ccc(CNCCC2=CCc3ccccc32)cc1. The Kier molecular flexibility index (Phi) is 4.19. The van der Waals surface area contributed by atoms with Gasteiger partial charge in [0.2, 0.25) is 0 Å². The third-order valence-electron chi connectivity index (χ3n) is 3.75. The summed E-state index contributed by atoms with van der Waals surface area (Å²) in [5, 5.41) is 4.29. The molecule has 0 radical (unpaired) electrons. The molecule has 0 aliphatic heterocycles. The molecular weight excluding hydrogens is 266 g/mol. The lowest BCUT2D eigenvalue weighted by molar-refractivity contribution is 0.700. The molecule has 1 aliphatic rings. The zero-order valence-electron chi connectivity index (χ0n) is 11.4. The van der Waals surface area contributed by atoms with Gasteiger partial charge in [0.15, 0.2) is 0 Å². The second-order valence-corrected chi connectivity index (χ2v) is 5.58. The third kappa shape index (κ3) is 3.12. The van der Waals surface area contributed by atoms with Gasteiger partial charge >= 0.3 is 0 Å². The standard InChI is InChI=1S/C18H18ClN/c19-17-9-5-14(6-10-17)13-20-12-11-16-8-7-15-3-1-2-4-18(15)16/h1-6,8-10,20H,7,11-13H2. The summed E-state index contributed by atoms with van der Waals surface area (Å²) >= 11 is 5.88. The molecule has 1 aliphatic carbocycles. The number of hydrogen-bond donors (Lipinski definition) is 1.